The van der Waals surface area contributed by atoms with E-state index in [9.17, 15) is 5.11 Å². The number of aryl methyl sites for hydroxylation is 1. The van der Waals surface area contributed by atoms with E-state index in [1.54, 1.807) is 6.07 Å². The molecule has 0 saturated heterocycles. The van der Waals surface area contributed by atoms with Crippen LogP contribution in [0.25, 0.3) is 49.6 Å². The summed E-state index contributed by atoms with van der Waals surface area (Å²) < 4.78 is 4.33. The number of fused-ring (bicyclic) bond motifs is 6. The molecule has 29 heavy (non-hydrogen) atoms. The predicted octanol–water partition coefficient (Wildman–Crippen LogP) is 3.79. The fraction of sp³-hybridized carbons (Fsp3) is 0.0417. The molecule has 0 saturated carbocycles. The summed E-state index contributed by atoms with van der Waals surface area (Å²) in [4.78, 5) is 5.08. The largest absolute Gasteiger partial charge is 0.508 e. The molecule has 0 unspecified atom stereocenters. The summed E-state index contributed by atoms with van der Waals surface area (Å²) in [7, 11) is 4.18. The van der Waals surface area contributed by atoms with Gasteiger partial charge >= 0.3 is 0 Å². The highest BCUT2D eigenvalue weighted by molar-refractivity contribution is 6.34. The maximum Gasteiger partial charge on any atom is 0.139 e. The van der Waals surface area contributed by atoms with Crippen LogP contribution in [0.1, 0.15) is 0 Å². The molecule has 3 heterocycles. The highest BCUT2D eigenvalue weighted by Gasteiger charge is 2.16. The molecule has 6 aromatic rings. The summed E-state index contributed by atoms with van der Waals surface area (Å²) in [6.07, 6.45) is 0. The molecule has 0 fully saturated rings. The number of para-hydroxylation sites is 1. The Morgan fingerprint density at radius 2 is 1.59 bits per heavy atom. The number of aromatic nitrogens is 3. The number of phenolic OH excluding ortho intramolecular Hbond substituents is 1. The normalized spacial score (nSPS) is 11.9. The van der Waals surface area contributed by atoms with Gasteiger partial charge in [0.15, 0.2) is 0 Å². The van der Waals surface area contributed by atoms with Crippen LogP contribution in [0.4, 0.5) is 0 Å². The summed E-state index contributed by atoms with van der Waals surface area (Å²) in [5.74, 6) is 1.10. The average molecular weight is 375 g/mol. The second-order valence-corrected chi connectivity index (χ2v) is 7.67. The zero-order valence-corrected chi connectivity index (χ0v) is 16.2. The fourth-order valence-corrected chi connectivity index (χ4v) is 4.50. The molecule has 0 amide bonds. The van der Waals surface area contributed by atoms with Gasteiger partial charge in [0, 0.05) is 29.3 Å². The average Bonchev–Trinajstić information content (AvgIpc) is 3.20. The quantitative estimate of drug-likeness (QED) is 0.445. The van der Waals surface area contributed by atoms with Crippen LogP contribution < -0.4 is 5.46 Å². The Balaban J connectivity index is 1.76. The van der Waals surface area contributed by atoms with Gasteiger partial charge in [-0.2, -0.15) is 0 Å². The van der Waals surface area contributed by atoms with Crippen molar-refractivity contribution in [3.63, 3.8) is 0 Å². The lowest BCUT2D eigenvalue weighted by molar-refractivity contribution is 0.476. The number of aromatic hydroxyl groups is 1. The zero-order valence-electron chi connectivity index (χ0n) is 16.2. The first-order chi connectivity index (χ1) is 14.1. The Labute approximate surface area is 168 Å². The third-order valence-corrected chi connectivity index (χ3v) is 5.88. The first kappa shape index (κ1) is 16.2. The third kappa shape index (κ3) is 2.18. The van der Waals surface area contributed by atoms with Gasteiger partial charge in [0.1, 0.15) is 19.4 Å². The third-order valence-electron chi connectivity index (χ3n) is 5.88. The molecule has 0 aliphatic carbocycles. The van der Waals surface area contributed by atoms with Crippen molar-refractivity contribution in [2.24, 2.45) is 7.05 Å². The minimum atomic E-state index is 0.254. The van der Waals surface area contributed by atoms with E-state index in [1.807, 2.05) is 12.1 Å². The van der Waals surface area contributed by atoms with Gasteiger partial charge in [-0.3, -0.25) is 4.57 Å². The number of nitrogens with zero attached hydrogens (tertiary/aromatic N) is 3. The van der Waals surface area contributed by atoms with Gasteiger partial charge in [0.2, 0.25) is 0 Å². The van der Waals surface area contributed by atoms with E-state index in [0.717, 1.165) is 38.7 Å². The van der Waals surface area contributed by atoms with Crippen molar-refractivity contribution < 1.29 is 5.11 Å². The highest BCUT2D eigenvalue weighted by Crippen LogP contribution is 2.34. The summed E-state index contributed by atoms with van der Waals surface area (Å²) in [5.41, 5.74) is 6.52. The van der Waals surface area contributed by atoms with Crippen LogP contribution in [0.15, 0.2) is 72.8 Å². The molecule has 0 bridgehead atoms. The van der Waals surface area contributed by atoms with Crippen molar-refractivity contribution >= 4 is 57.1 Å². The minimum Gasteiger partial charge on any atom is -0.508 e. The van der Waals surface area contributed by atoms with Gasteiger partial charge in [0.05, 0.1) is 27.6 Å². The minimum absolute atomic E-state index is 0.254. The van der Waals surface area contributed by atoms with Crippen molar-refractivity contribution in [1.82, 2.24) is 14.1 Å². The molecular weight excluding hydrogens is 357 g/mol. The van der Waals surface area contributed by atoms with E-state index in [1.165, 1.54) is 16.4 Å². The second kappa shape index (κ2) is 5.64. The number of pyridine rings is 1. The van der Waals surface area contributed by atoms with Crippen molar-refractivity contribution in [3.8, 4) is 11.6 Å². The van der Waals surface area contributed by atoms with Crippen LogP contribution in [0.2, 0.25) is 0 Å². The zero-order chi connectivity index (χ0) is 19.7. The molecule has 4 nitrogen and oxygen atoms in total. The molecule has 3 aromatic carbocycles. The standard InChI is InChI=1S/C24H18BN3O/c1-27-19-5-3-2-4-17(19)24-21(27)10-11-23(26-24)28-20-9-6-14(25)12-18(20)16-8-7-15(29)13-22(16)28/h2-13,29H,25H2,1H3. The summed E-state index contributed by atoms with van der Waals surface area (Å²) >= 11 is 0. The van der Waals surface area contributed by atoms with Gasteiger partial charge in [0.25, 0.3) is 0 Å². The van der Waals surface area contributed by atoms with Crippen molar-refractivity contribution in [2.45, 2.75) is 0 Å². The van der Waals surface area contributed by atoms with E-state index < -0.39 is 0 Å². The molecule has 6 rings (SSSR count). The molecular formula is C24H18BN3O. The van der Waals surface area contributed by atoms with E-state index in [-0.39, 0.29) is 5.75 Å². The van der Waals surface area contributed by atoms with E-state index >= 15 is 0 Å². The Morgan fingerprint density at radius 3 is 2.48 bits per heavy atom. The lowest BCUT2D eigenvalue weighted by Gasteiger charge is -2.08. The summed E-state index contributed by atoms with van der Waals surface area (Å²) in [6.45, 7) is 0. The van der Waals surface area contributed by atoms with Crippen LogP contribution in [0.3, 0.4) is 0 Å². The van der Waals surface area contributed by atoms with Crippen LogP contribution in [0, 0.1) is 0 Å². The smallest absolute Gasteiger partial charge is 0.139 e. The lowest BCUT2D eigenvalue weighted by atomic mass is 9.94. The molecule has 0 aliphatic rings. The number of phenols is 1. The van der Waals surface area contributed by atoms with Crippen molar-refractivity contribution in [2.75, 3.05) is 0 Å². The lowest BCUT2D eigenvalue weighted by Crippen LogP contribution is -2.01. The van der Waals surface area contributed by atoms with E-state index in [4.69, 9.17) is 4.98 Å². The van der Waals surface area contributed by atoms with Gasteiger partial charge in [-0.15, -0.1) is 0 Å². The Kier molecular flexibility index (Phi) is 3.16. The van der Waals surface area contributed by atoms with Crippen LogP contribution in [-0.4, -0.2) is 27.1 Å². The topological polar surface area (TPSA) is 43.0 Å². The van der Waals surface area contributed by atoms with Gasteiger partial charge in [-0.05, 0) is 36.4 Å². The molecule has 0 spiro atoms. The van der Waals surface area contributed by atoms with Crippen molar-refractivity contribution in [1.29, 1.82) is 0 Å². The number of hydrogen-bond donors (Lipinski definition) is 1. The predicted molar refractivity (Wildman–Crippen MR) is 122 cm³/mol. The second-order valence-electron chi connectivity index (χ2n) is 7.67. The molecule has 0 atom stereocenters. The first-order valence-electron chi connectivity index (χ1n) is 9.70. The highest BCUT2D eigenvalue weighted by atomic mass is 16.3. The van der Waals surface area contributed by atoms with Crippen molar-refractivity contribution in [3.05, 3.63) is 72.8 Å². The maximum absolute atomic E-state index is 10.2. The van der Waals surface area contributed by atoms with Gasteiger partial charge in [-0.1, -0.05) is 35.8 Å². The molecule has 0 radical (unpaired) electrons. The molecule has 5 heteroatoms. The molecule has 1 N–H and O–H groups in total. The van der Waals surface area contributed by atoms with Gasteiger partial charge < -0.3 is 9.67 Å². The Bertz CT molecular complexity index is 1590. The monoisotopic (exact) mass is 375 g/mol. The Hall–Kier alpha value is -3.73. The van der Waals surface area contributed by atoms with Gasteiger partial charge in [-0.25, -0.2) is 4.98 Å². The molecule has 138 valence electrons. The maximum atomic E-state index is 10.2. The molecule has 0 aliphatic heterocycles. The van der Waals surface area contributed by atoms with E-state index in [2.05, 4.69) is 78.6 Å². The summed E-state index contributed by atoms with van der Waals surface area (Å²) in [6, 6.07) is 24.5. The number of hydrogen-bond acceptors (Lipinski definition) is 2. The number of rotatable bonds is 1. The summed E-state index contributed by atoms with van der Waals surface area (Å²) in [5, 5.41) is 13.6. The van der Waals surface area contributed by atoms with Crippen LogP contribution >= 0.6 is 0 Å². The van der Waals surface area contributed by atoms with Crippen LogP contribution in [0.5, 0.6) is 5.75 Å². The first-order valence-corrected chi connectivity index (χ1v) is 9.70. The molecule has 3 aromatic heterocycles. The fourth-order valence-electron chi connectivity index (χ4n) is 4.50. The Morgan fingerprint density at radius 1 is 0.759 bits per heavy atom. The van der Waals surface area contributed by atoms with Crippen LogP contribution in [-0.2, 0) is 7.05 Å². The van der Waals surface area contributed by atoms with E-state index in [0.29, 0.717) is 0 Å². The SMILES string of the molecule is Bc1ccc2c(c1)c1ccc(O)cc1n2-c1ccc2c(n1)c1ccccc1n2C. The number of benzene rings is 3.